The Hall–Kier alpha value is -0.430. The molecule has 0 atom stereocenters. The summed E-state index contributed by atoms with van der Waals surface area (Å²) in [6.07, 6.45) is 3.95. The van der Waals surface area contributed by atoms with E-state index in [1.165, 1.54) is 11.3 Å². The molecule has 0 aromatic carbocycles. The lowest BCUT2D eigenvalue weighted by molar-refractivity contribution is 0.282. The second kappa shape index (κ2) is 5.69. The highest BCUT2D eigenvalue weighted by molar-refractivity contribution is 7.89. The lowest BCUT2D eigenvalue weighted by Gasteiger charge is -2.26. The largest absolute Gasteiger partial charge is 0.391 e. The van der Waals surface area contributed by atoms with Crippen LogP contribution in [-0.2, 0) is 16.6 Å². The third-order valence-electron chi connectivity index (χ3n) is 3.48. The van der Waals surface area contributed by atoms with Gasteiger partial charge in [0, 0.05) is 10.9 Å². The molecule has 18 heavy (non-hydrogen) atoms. The molecule has 0 spiro atoms. The standard InChI is InChI=1S/C12H19NO3S2/c1-9-2-4-10(5-3-9)13-18(15,16)12-6-7-17-11(12)8-14/h6-7,9-10,13-14H,2-5,8H2,1H3. The predicted octanol–water partition coefficient (Wildman–Crippen LogP) is 2.10. The minimum atomic E-state index is -3.48. The first-order valence-electron chi connectivity index (χ1n) is 6.22. The molecule has 0 radical (unpaired) electrons. The minimum absolute atomic E-state index is 0.0395. The van der Waals surface area contributed by atoms with Crippen LogP contribution in [0.1, 0.15) is 37.5 Å². The highest BCUT2D eigenvalue weighted by Gasteiger charge is 2.26. The summed E-state index contributed by atoms with van der Waals surface area (Å²) in [6.45, 7) is 1.98. The Morgan fingerprint density at radius 2 is 2.06 bits per heavy atom. The van der Waals surface area contributed by atoms with Crippen LogP contribution in [0.2, 0.25) is 0 Å². The number of rotatable bonds is 4. The maximum Gasteiger partial charge on any atom is 0.242 e. The highest BCUT2D eigenvalue weighted by atomic mass is 32.2. The van der Waals surface area contributed by atoms with Gasteiger partial charge in [0.2, 0.25) is 10.0 Å². The van der Waals surface area contributed by atoms with Crippen molar-refractivity contribution in [3.05, 3.63) is 16.3 Å². The fraction of sp³-hybridized carbons (Fsp3) is 0.667. The molecular weight excluding hydrogens is 270 g/mol. The van der Waals surface area contributed by atoms with Crippen LogP contribution in [0.4, 0.5) is 0 Å². The van der Waals surface area contributed by atoms with Gasteiger partial charge in [0.1, 0.15) is 0 Å². The topological polar surface area (TPSA) is 66.4 Å². The van der Waals surface area contributed by atoms with Gasteiger partial charge in [-0.15, -0.1) is 11.3 Å². The van der Waals surface area contributed by atoms with Gasteiger partial charge in [0.05, 0.1) is 11.5 Å². The quantitative estimate of drug-likeness (QED) is 0.892. The number of aliphatic hydroxyl groups is 1. The van der Waals surface area contributed by atoms with Crippen molar-refractivity contribution in [2.75, 3.05) is 0 Å². The summed E-state index contributed by atoms with van der Waals surface area (Å²) in [7, 11) is -3.48. The van der Waals surface area contributed by atoms with E-state index in [-0.39, 0.29) is 17.5 Å². The number of hydrogen-bond acceptors (Lipinski definition) is 4. The molecule has 2 N–H and O–H groups in total. The fourth-order valence-electron chi connectivity index (χ4n) is 2.34. The first kappa shape index (κ1) is 14.0. The van der Waals surface area contributed by atoms with E-state index in [9.17, 15) is 8.42 Å². The highest BCUT2D eigenvalue weighted by Crippen LogP contribution is 2.26. The monoisotopic (exact) mass is 289 g/mol. The van der Waals surface area contributed by atoms with Crippen LogP contribution in [-0.4, -0.2) is 19.6 Å². The molecule has 0 aliphatic heterocycles. The number of sulfonamides is 1. The lowest BCUT2D eigenvalue weighted by Crippen LogP contribution is -2.37. The Kier molecular flexibility index (Phi) is 4.42. The van der Waals surface area contributed by atoms with Crippen LogP contribution in [0, 0.1) is 5.92 Å². The normalized spacial score (nSPS) is 25.2. The van der Waals surface area contributed by atoms with Crippen molar-refractivity contribution in [2.45, 2.75) is 50.2 Å². The molecular formula is C12H19NO3S2. The molecule has 6 heteroatoms. The zero-order chi connectivity index (χ0) is 13.2. The van der Waals surface area contributed by atoms with Crippen LogP contribution < -0.4 is 4.72 Å². The molecule has 1 heterocycles. The zero-order valence-electron chi connectivity index (χ0n) is 10.4. The Bertz CT molecular complexity index is 487. The third kappa shape index (κ3) is 3.12. The summed E-state index contributed by atoms with van der Waals surface area (Å²) < 4.78 is 27.2. The van der Waals surface area contributed by atoms with Gasteiger partial charge < -0.3 is 5.11 Å². The van der Waals surface area contributed by atoms with Crippen molar-refractivity contribution >= 4 is 21.4 Å². The van der Waals surface area contributed by atoms with Crippen LogP contribution in [0.5, 0.6) is 0 Å². The van der Waals surface area contributed by atoms with Gasteiger partial charge in [0.25, 0.3) is 0 Å². The molecule has 0 unspecified atom stereocenters. The van der Waals surface area contributed by atoms with E-state index in [2.05, 4.69) is 11.6 Å². The molecule has 1 fully saturated rings. The maximum atomic E-state index is 12.2. The molecule has 1 aromatic heterocycles. The number of hydrogen-bond donors (Lipinski definition) is 2. The number of nitrogens with one attached hydrogen (secondary N) is 1. The van der Waals surface area contributed by atoms with E-state index in [0.717, 1.165) is 25.7 Å². The molecule has 1 saturated carbocycles. The van der Waals surface area contributed by atoms with Crippen molar-refractivity contribution in [1.29, 1.82) is 0 Å². The SMILES string of the molecule is CC1CCC(NS(=O)(=O)c2ccsc2CO)CC1. The van der Waals surface area contributed by atoms with E-state index in [0.29, 0.717) is 10.8 Å². The smallest absolute Gasteiger partial charge is 0.242 e. The first-order chi connectivity index (χ1) is 8.53. The molecule has 2 rings (SSSR count). The van der Waals surface area contributed by atoms with Crippen LogP contribution >= 0.6 is 11.3 Å². The first-order valence-corrected chi connectivity index (χ1v) is 8.59. The molecule has 0 saturated heterocycles. The average Bonchev–Trinajstić information content (AvgIpc) is 2.81. The van der Waals surface area contributed by atoms with Gasteiger partial charge in [-0.3, -0.25) is 0 Å². The molecule has 102 valence electrons. The Balaban J connectivity index is 2.08. The Morgan fingerprint density at radius 1 is 1.39 bits per heavy atom. The molecule has 1 aliphatic carbocycles. The summed E-state index contributed by atoms with van der Waals surface area (Å²) in [4.78, 5) is 0.736. The van der Waals surface area contributed by atoms with Crippen molar-refractivity contribution in [2.24, 2.45) is 5.92 Å². The second-order valence-electron chi connectivity index (χ2n) is 4.94. The van der Waals surface area contributed by atoms with Crippen molar-refractivity contribution < 1.29 is 13.5 Å². The van der Waals surface area contributed by atoms with Crippen molar-refractivity contribution in [3.63, 3.8) is 0 Å². The van der Waals surface area contributed by atoms with E-state index >= 15 is 0 Å². The van der Waals surface area contributed by atoms with Gasteiger partial charge in [-0.2, -0.15) is 0 Å². The molecule has 1 aliphatic rings. The van der Waals surface area contributed by atoms with Gasteiger partial charge in [0.15, 0.2) is 0 Å². The molecule has 0 bridgehead atoms. The number of aliphatic hydroxyl groups excluding tert-OH is 1. The maximum absolute atomic E-state index is 12.2. The summed E-state index contributed by atoms with van der Waals surface area (Å²) in [6, 6.07) is 1.60. The van der Waals surface area contributed by atoms with E-state index in [1.54, 1.807) is 11.4 Å². The second-order valence-corrected chi connectivity index (χ2v) is 7.63. The Labute approximate surface area is 112 Å². The lowest BCUT2D eigenvalue weighted by atomic mass is 9.88. The van der Waals surface area contributed by atoms with E-state index < -0.39 is 10.0 Å². The summed E-state index contributed by atoms with van der Waals surface area (Å²) in [5.74, 6) is 0.694. The third-order valence-corrected chi connectivity index (χ3v) is 6.12. The van der Waals surface area contributed by atoms with Crippen LogP contribution in [0.3, 0.4) is 0 Å². The van der Waals surface area contributed by atoms with Crippen LogP contribution in [0.15, 0.2) is 16.3 Å². The van der Waals surface area contributed by atoms with E-state index in [4.69, 9.17) is 5.11 Å². The summed E-state index contributed by atoms with van der Waals surface area (Å²) in [5.41, 5.74) is 0. The minimum Gasteiger partial charge on any atom is -0.391 e. The Morgan fingerprint density at radius 3 is 2.67 bits per heavy atom. The fourth-order valence-corrected chi connectivity index (χ4v) is 4.94. The molecule has 1 aromatic rings. The van der Waals surface area contributed by atoms with Crippen LogP contribution in [0.25, 0.3) is 0 Å². The average molecular weight is 289 g/mol. The van der Waals surface area contributed by atoms with Crippen molar-refractivity contribution in [1.82, 2.24) is 4.72 Å². The van der Waals surface area contributed by atoms with Crippen molar-refractivity contribution in [3.8, 4) is 0 Å². The van der Waals surface area contributed by atoms with Gasteiger partial charge in [-0.25, -0.2) is 13.1 Å². The predicted molar refractivity (Wildman–Crippen MR) is 72.0 cm³/mol. The van der Waals surface area contributed by atoms with Gasteiger partial charge in [-0.05, 0) is 43.0 Å². The summed E-state index contributed by atoms with van der Waals surface area (Å²) in [5, 5.41) is 10.8. The van der Waals surface area contributed by atoms with E-state index in [1.807, 2.05) is 0 Å². The van der Waals surface area contributed by atoms with Gasteiger partial charge >= 0.3 is 0 Å². The molecule has 0 amide bonds. The zero-order valence-corrected chi connectivity index (χ0v) is 12.1. The molecule has 4 nitrogen and oxygen atoms in total. The number of thiophene rings is 1. The van der Waals surface area contributed by atoms with Gasteiger partial charge in [-0.1, -0.05) is 6.92 Å². The summed E-state index contributed by atoms with van der Waals surface area (Å²) >= 11 is 1.27.